The third-order valence-corrected chi connectivity index (χ3v) is 16.9. The summed E-state index contributed by atoms with van der Waals surface area (Å²) >= 11 is -0.425. The molecule has 1 nitrogen and oxygen atoms in total. The van der Waals surface area contributed by atoms with Gasteiger partial charge in [0.05, 0.1) is 0 Å². The molecule has 0 bridgehead atoms. The maximum absolute atomic E-state index is 4.96. The average molecular weight is 570 g/mol. The first-order valence-electron chi connectivity index (χ1n) is 13.4. The molecule has 3 heteroatoms. The molecule has 0 fully saturated rings. The Labute approximate surface area is 231 Å². The van der Waals surface area contributed by atoms with Crippen LogP contribution in [0.4, 0.5) is 0 Å². The third kappa shape index (κ3) is 3.61. The van der Waals surface area contributed by atoms with Gasteiger partial charge in [-0.05, 0) is 0 Å². The molecule has 3 heterocycles. The minimum absolute atomic E-state index is 0.0449. The van der Waals surface area contributed by atoms with E-state index in [2.05, 4.69) is 123 Å². The van der Waals surface area contributed by atoms with Gasteiger partial charge in [-0.2, -0.15) is 0 Å². The Balaban J connectivity index is 1.41. The number of thiophene rings is 1. The van der Waals surface area contributed by atoms with Crippen molar-refractivity contribution in [2.45, 2.75) is 37.7 Å². The van der Waals surface area contributed by atoms with Crippen LogP contribution in [0.25, 0.3) is 52.7 Å². The molecule has 0 amide bonds. The van der Waals surface area contributed by atoms with E-state index in [1.807, 2.05) is 17.5 Å². The van der Waals surface area contributed by atoms with Gasteiger partial charge in [0, 0.05) is 0 Å². The predicted molar refractivity (Wildman–Crippen MR) is 170 cm³/mol. The van der Waals surface area contributed by atoms with Crippen LogP contribution in [0.3, 0.4) is 0 Å². The molecular weight excluding hydrogens is 539 g/mol. The standard InChI is InChI=1S/C35H31GeNS/c1-35(2,3)29-19-25(18-22-10-6-8-12-26(22)29)33-34-28(16-17-37-33)27-15-14-24(21-32(27)38-34)31-20-23-11-7-9-13-30(23)36(31,4)5/h6-21H,1-5H3. The van der Waals surface area contributed by atoms with E-state index in [0.29, 0.717) is 0 Å². The van der Waals surface area contributed by atoms with Crippen molar-refractivity contribution >= 4 is 70.4 Å². The second kappa shape index (κ2) is 8.40. The molecule has 2 aromatic heterocycles. The van der Waals surface area contributed by atoms with Crippen molar-refractivity contribution < 1.29 is 0 Å². The molecule has 0 saturated carbocycles. The van der Waals surface area contributed by atoms with Gasteiger partial charge in [0.1, 0.15) is 0 Å². The molecule has 0 unspecified atom stereocenters. The van der Waals surface area contributed by atoms with E-state index < -0.39 is 13.3 Å². The molecule has 0 spiro atoms. The van der Waals surface area contributed by atoms with Crippen LogP contribution >= 0.6 is 11.3 Å². The van der Waals surface area contributed by atoms with E-state index >= 15 is 0 Å². The number of hydrogen-bond donors (Lipinski definition) is 0. The molecule has 186 valence electrons. The van der Waals surface area contributed by atoms with Gasteiger partial charge in [-0.15, -0.1) is 0 Å². The van der Waals surface area contributed by atoms with Crippen LogP contribution in [0.5, 0.6) is 0 Å². The van der Waals surface area contributed by atoms with Crippen molar-refractivity contribution in [1.29, 1.82) is 0 Å². The zero-order valence-electron chi connectivity index (χ0n) is 22.6. The van der Waals surface area contributed by atoms with Gasteiger partial charge in [-0.25, -0.2) is 0 Å². The molecule has 1 aliphatic rings. The summed E-state index contributed by atoms with van der Waals surface area (Å²) in [7, 11) is 0. The van der Waals surface area contributed by atoms with E-state index in [0.717, 1.165) is 5.69 Å². The first kappa shape index (κ1) is 23.9. The summed E-state index contributed by atoms with van der Waals surface area (Å²) in [5, 5.41) is 5.24. The molecule has 0 atom stereocenters. The maximum atomic E-state index is 4.96. The predicted octanol–water partition coefficient (Wildman–Crippen LogP) is 9.58. The normalized spacial score (nSPS) is 14.8. The number of rotatable bonds is 2. The van der Waals surface area contributed by atoms with Gasteiger partial charge in [-0.3, -0.25) is 0 Å². The summed E-state index contributed by atoms with van der Waals surface area (Å²) < 4.78 is 5.79. The third-order valence-electron chi connectivity index (χ3n) is 8.25. The quantitative estimate of drug-likeness (QED) is 0.189. The zero-order chi connectivity index (χ0) is 26.2. The SMILES string of the molecule is CC(C)(C)c1cc(-c2nccc3c2sc2cc([C]4=Cc5cccc[c]5[Ge]4([CH3])[CH3])ccc23)cc2ccccc12. The monoisotopic (exact) mass is 571 g/mol. The van der Waals surface area contributed by atoms with Gasteiger partial charge in [0.25, 0.3) is 0 Å². The van der Waals surface area contributed by atoms with Crippen molar-refractivity contribution in [2.75, 3.05) is 0 Å². The fourth-order valence-corrected chi connectivity index (χ4v) is 14.0. The number of hydrogen-bond acceptors (Lipinski definition) is 2. The second-order valence-electron chi connectivity index (χ2n) is 12.1. The molecule has 4 aromatic carbocycles. The molecule has 0 saturated heterocycles. The summed E-state index contributed by atoms with van der Waals surface area (Å²) in [6.07, 6.45) is 4.44. The van der Waals surface area contributed by atoms with Crippen molar-refractivity contribution in [1.82, 2.24) is 4.98 Å². The topological polar surface area (TPSA) is 12.9 Å². The van der Waals surface area contributed by atoms with Crippen LogP contribution in [0.2, 0.25) is 11.5 Å². The first-order valence-corrected chi connectivity index (χ1v) is 20.5. The van der Waals surface area contributed by atoms with Crippen molar-refractivity contribution in [3.8, 4) is 11.3 Å². The average Bonchev–Trinajstić information content (AvgIpc) is 3.41. The number of benzene rings is 4. The number of pyridine rings is 1. The fourth-order valence-electron chi connectivity index (χ4n) is 6.26. The van der Waals surface area contributed by atoms with E-state index in [9.17, 15) is 0 Å². The second-order valence-corrected chi connectivity index (χ2v) is 22.2. The van der Waals surface area contributed by atoms with E-state index in [4.69, 9.17) is 4.98 Å². The van der Waals surface area contributed by atoms with Crippen LogP contribution in [0.15, 0.2) is 91.1 Å². The Hall–Kier alpha value is -3.21. The van der Waals surface area contributed by atoms with Crippen LogP contribution in [-0.2, 0) is 5.41 Å². The number of aromatic nitrogens is 1. The fraction of sp³-hybridized carbons (Fsp3) is 0.171. The van der Waals surface area contributed by atoms with Crippen LogP contribution < -0.4 is 4.40 Å². The summed E-state index contributed by atoms with van der Waals surface area (Å²) in [5.74, 6) is 5.06. The van der Waals surface area contributed by atoms with E-state index in [-0.39, 0.29) is 5.41 Å². The Morgan fingerprint density at radius 2 is 1.53 bits per heavy atom. The minimum atomic E-state index is -2.32. The molecule has 0 radical (unpaired) electrons. The van der Waals surface area contributed by atoms with Crippen molar-refractivity contribution in [3.63, 3.8) is 0 Å². The van der Waals surface area contributed by atoms with Crippen LogP contribution in [0, 0.1) is 0 Å². The number of fused-ring (bicyclic) bond motifs is 5. The zero-order valence-corrected chi connectivity index (χ0v) is 25.5. The Kier molecular flexibility index (Phi) is 5.27. The Morgan fingerprint density at radius 1 is 0.737 bits per heavy atom. The van der Waals surface area contributed by atoms with Crippen molar-refractivity contribution in [2.24, 2.45) is 0 Å². The summed E-state index contributed by atoms with van der Waals surface area (Å²) in [4.78, 5) is 4.96. The van der Waals surface area contributed by atoms with E-state index in [1.165, 1.54) is 53.2 Å². The number of nitrogens with zero attached hydrogens (tertiary/aromatic N) is 1. The van der Waals surface area contributed by atoms with Crippen molar-refractivity contribution in [3.05, 3.63) is 108 Å². The van der Waals surface area contributed by atoms with Gasteiger partial charge in [0.2, 0.25) is 0 Å². The summed E-state index contributed by atoms with van der Waals surface area (Å²) in [6, 6.07) is 31.8. The van der Waals surface area contributed by atoms with E-state index in [1.54, 1.807) is 8.80 Å². The van der Waals surface area contributed by atoms with Crippen LogP contribution in [0.1, 0.15) is 37.5 Å². The molecule has 7 rings (SSSR count). The molecule has 38 heavy (non-hydrogen) atoms. The molecule has 0 N–H and O–H groups in total. The molecule has 6 aromatic rings. The van der Waals surface area contributed by atoms with Gasteiger partial charge < -0.3 is 0 Å². The first-order chi connectivity index (χ1) is 18.2. The van der Waals surface area contributed by atoms with Gasteiger partial charge in [0.15, 0.2) is 0 Å². The molecule has 1 aliphatic heterocycles. The Bertz CT molecular complexity index is 1930. The Morgan fingerprint density at radius 3 is 2.34 bits per heavy atom. The van der Waals surface area contributed by atoms with Gasteiger partial charge in [-0.1, -0.05) is 6.07 Å². The van der Waals surface area contributed by atoms with Gasteiger partial charge >= 0.3 is 226 Å². The summed E-state index contributed by atoms with van der Waals surface area (Å²) in [5.41, 5.74) is 6.52. The van der Waals surface area contributed by atoms with Crippen LogP contribution in [-0.4, -0.2) is 18.3 Å². The molecule has 0 aliphatic carbocycles. The molecular formula is C35H31GeNS. The summed E-state index contributed by atoms with van der Waals surface area (Å²) in [6.45, 7) is 6.90.